The lowest BCUT2D eigenvalue weighted by molar-refractivity contribution is -0.117. The number of aryl methyl sites for hydroxylation is 2. The van der Waals surface area contributed by atoms with Crippen molar-refractivity contribution < 1.29 is 4.79 Å². The molecule has 0 radical (unpaired) electrons. The number of Topliss-reactive ketones (excluding diaryl/α,β-unsaturated/α-hetero) is 1. The van der Waals surface area contributed by atoms with Crippen LogP contribution in [-0.2, 0) is 17.6 Å². The summed E-state index contributed by atoms with van der Waals surface area (Å²) in [5.41, 5.74) is 4.46. The van der Waals surface area contributed by atoms with Gasteiger partial charge in [-0.25, -0.2) is 0 Å². The molecule has 2 rings (SSSR count). The van der Waals surface area contributed by atoms with Gasteiger partial charge < -0.3 is 0 Å². The second kappa shape index (κ2) is 6.03. The standard InChI is InChI=1S/C17H17ClO/c1-12-6-13(2)8-15(7-12)11-17(19)10-14-4-3-5-16(18)9-14/h3-9H,10-11H2,1-2H3. The van der Waals surface area contributed by atoms with Crippen molar-refractivity contribution in [3.8, 4) is 0 Å². The SMILES string of the molecule is Cc1cc(C)cc(CC(=O)Cc2cccc(Cl)c2)c1. The molecule has 0 amide bonds. The number of halogens is 1. The molecule has 0 N–H and O–H groups in total. The van der Waals surface area contributed by atoms with Gasteiger partial charge in [-0.1, -0.05) is 53.1 Å². The van der Waals surface area contributed by atoms with Crippen LogP contribution in [-0.4, -0.2) is 5.78 Å². The third-order valence-corrected chi connectivity index (χ3v) is 3.21. The first kappa shape index (κ1) is 13.8. The first-order valence-electron chi connectivity index (χ1n) is 6.36. The molecule has 0 aromatic heterocycles. The molecule has 0 aliphatic carbocycles. The smallest absolute Gasteiger partial charge is 0.141 e. The van der Waals surface area contributed by atoms with Gasteiger partial charge in [-0.3, -0.25) is 4.79 Å². The third-order valence-electron chi connectivity index (χ3n) is 2.97. The highest BCUT2D eigenvalue weighted by Crippen LogP contribution is 2.14. The van der Waals surface area contributed by atoms with Gasteiger partial charge in [0.05, 0.1) is 0 Å². The normalized spacial score (nSPS) is 10.5. The van der Waals surface area contributed by atoms with Crippen molar-refractivity contribution in [3.63, 3.8) is 0 Å². The maximum absolute atomic E-state index is 12.1. The molecule has 1 nitrogen and oxygen atoms in total. The molecular formula is C17H17ClO. The van der Waals surface area contributed by atoms with Crippen LogP contribution in [0.2, 0.25) is 5.02 Å². The van der Waals surface area contributed by atoms with Gasteiger partial charge in [0.1, 0.15) is 5.78 Å². The fraction of sp³-hybridized carbons (Fsp3) is 0.235. The second-order valence-corrected chi connectivity index (χ2v) is 5.45. The molecule has 0 saturated heterocycles. The lowest BCUT2D eigenvalue weighted by Gasteiger charge is -2.05. The minimum Gasteiger partial charge on any atom is -0.299 e. The summed E-state index contributed by atoms with van der Waals surface area (Å²) in [4.78, 5) is 12.1. The minimum absolute atomic E-state index is 0.215. The van der Waals surface area contributed by atoms with E-state index in [1.165, 1.54) is 11.1 Å². The Kier molecular flexibility index (Phi) is 4.39. The number of ketones is 1. The summed E-state index contributed by atoms with van der Waals surface area (Å²) >= 11 is 5.92. The Morgan fingerprint density at radius 3 is 2.21 bits per heavy atom. The van der Waals surface area contributed by atoms with Crippen LogP contribution in [0.1, 0.15) is 22.3 Å². The highest BCUT2D eigenvalue weighted by Gasteiger charge is 2.06. The van der Waals surface area contributed by atoms with Gasteiger partial charge in [0, 0.05) is 17.9 Å². The van der Waals surface area contributed by atoms with E-state index in [0.29, 0.717) is 17.9 Å². The van der Waals surface area contributed by atoms with E-state index in [9.17, 15) is 4.79 Å². The van der Waals surface area contributed by atoms with E-state index in [1.807, 2.05) is 24.3 Å². The molecule has 2 heteroatoms. The largest absolute Gasteiger partial charge is 0.299 e. The Balaban J connectivity index is 2.05. The van der Waals surface area contributed by atoms with Crippen molar-refractivity contribution in [1.82, 2.24) is 0 Å². The summed E-state index contributed by atoms with van der Waals surface area (Å²) in [6.45, 7) is 4.11. The second-order valence-electron chi connectivity index (χ2n) is 5.02. The molecule has 0 spiro atoms. The molecule has 0 saturated carbocycles. The molecular weight excluding hydrogens is 256 g/mol. The van der Waals surface area contributed by atoms with E-state index in [0.717, 1.165) is 11.1 Å². The monoisotopic (exact) mass is 272 g/mol. The number of carbonyl (C=O) groups is 1. The highest BCUT2D eigenvalue weighted by atomic mass is 35.5. The summed E-state index contributed by atoms with van der Waals surface area (Å²) in [5, 5.41) is 0.678. The van der Waals surface area contributed by atoms with Gasteiger partial charge in [-0.05, 0) is 37.1 Å². The Morgan fingerprint density at radius 1 is 0.947 bits per heavy atom. The first-order valence-corrected chi connectivity index (χ1v) is 6.74. The van der Waals surface area contributed by atoms with E-state index in [2.05, 4.69) is 32.0 Å². The minimum atomic E-state index is 0.215. The zero-order valence-electron chi connectivity index (χ0n) is 11.2. The summed E-state index contributed by atoms with van der Waals surface area (Å²) in [6.07, 6.45) is 0.919. The van der Waals surface area contributed by atoms with Gasteiger partial charge in [0.2, 0.25) is 0 Å². The van der Waals surface area contributed by atoms with Gasteiger partial charge in [-0.2, -0.15) is 0 Å². The van der Waals surface area contributed by atoms with Crippen molar-refractivity contribution in [1.29, 1.82) is 0 Å². The highest BCUT2D eigenvalue weighted by molar-refractivity contribution is 6.30. The van der Waals surface area contributed by atoms with Crippen LogP contribution in [0.4, 0.5) is 0 Å². The molecule has 0 bridgehead atoms. The lowest BCUT2D eigenvalue weighted by Crippen LogP contribution is -2.07. The zero-order chi connectivity index (χ0) is 13.8. The van der Waals surface area contributed by atoms with Crippen molar-refractivity contribution in [2.24, 2.45) is 0 Å². The summed E-state index contributed by atoms with van der Waals surface area (Å²) < 4.78 is 0. The first-order chi connectivity index (χ1) is 9.02. The van der Waals surface area contributed by atoms with E-state index in [-0.39, 0.29) is 5.78 Å². The molecule has 2 aromatic carbocycles. The average Bonchev–Trinajstić information content (AvgIpc) is 2.26. The summed E-state index contributed by atoms with van der Waals surface area (Å²) in [6, 6.07) is 13.7. The van der Waals surface area contributed by atoms with Crippen LogP contribution in [0.3, 0.4) is 0 Å². The van der Waals surface area contributed by atoms with Crippen molar-refractivity contribution in [3.05, 3.63) is 69.7 Å². The van der Waals surface area contributed by atoms with Gasteiger partial charge in [-0.15, -0.1) is 0 Å². The fourth-order valence-electron chi connectivity index (χ4n) is 2.34. The lowest BCUT2D eigenvalue weighted by atomic mass is 10.00. The average molecular weight is 273 g/mol. The van der Waals surface area contributed by atoms with Gasteiger partial charge in [0.25, 0.3) is 0 Å². The van der Waals surface area contributed by atoms with Crippen LogP contribution in [0, 0.1) is 13.8 Å². The third kappa shape index (κ3) is 4.22. The number of hydrogen-bond donors (Lipinski definition) is 0. The van der Waals surface area contributed by atoms with E-state index in [4.69, 9.17) is 11.6 Å². The molecule has 0 unspecified atom stereocenters. The molecule has 19 heavy (non-hydrogen) atoms. The zero-order valence-corrected chi connectivity index (χ0v) is 12.0. The van der Waals surface area contributed by atoms with Crippen LogP contribution in [0.15, 0.2) is 42.5 Å². The number of carbonyl (C=O) groups excluding carboxylic acids is 1. The Bertz CT molecular complexity index is 582. The van der Waals surface area contributed by atoms with Crippen LogP contribution < -0.4 is 0 Å². The molecule has 0 atom stereocenters. The Morgan fingerprint density at radius 2 is 1.58 bits per heavy atom. The summed E-state index contributed by atoms with van der Waals surface area (Å²) in [7, 11) is 0. The van der Waals surface area contributed by atoms with Crippen molar-refractivity contribution in [2.45, 2.75) is 26.7 Å². The van der Waals surface area contributed by atoms with Crippen LogP contribution in [0.5, 0.6) is 0 Å². The Hall–Kier alpha value is -1.60. The van der Waals surface area contributed by atoms with Crippen LogP contribution in [0.25, 0.3) is 0 Å². The number of hydrogen-bond acceptors (Lipinski definition) is 1. The summed E-state index contributed by atoms with van der Waals surface area (Å²) in [5.74, 6) is 0.215. The molecule has 0 aliphatic rings. The molecule has 98 valence electrons. The Labute approximate surface area is 119 Å². The number of rotatable bonds is 4. The van der Waals surface area contributed by atoms with E-state index < -0.39 is 0 Å². The quantitative estimate of drug-likeness (QED) is 0.810. The maximum atomic E-state index is 12.1. The topological polar surface area (TPSA) is 17.1 Å². The molecule has 0 heterocycles. The molecule has 0 fully saturated rings. The van der Waals surface area contributed by atoms with Crippen LogP contribution >= 0.6 is 11.6 Å². The van der Waals surface area contributed by atoms with E-state index >= 15 is 0 Å². The van der Waals surface area contributed by atoms with Crippen molar-refractivity contribution >= 4 is 17.4 Å². The fourth-order valence-corrected chi connectivity index (χ4v) is 2.55. The predicted octanol–water partition coefficient (Wildman–Crippen LogP) is 4.31. The van der Waals surface area contributed by atoms with E-state index in [1.54, 1.807) is 0 Å². The molecule has 2 aromatic rings. The number of benzene rings is 2. The molecule has 0 aliphatic heterocycles. The van der Waals surface area contributed by atoms with Crippen molar-refractivity contribution in [2.75, 3.05) is 0 Å². The van der Waals surface area contributed by atoms with Gasteiger partial charge >= 0.3 is 0 Å². The maximum Gasteiger partial charge on any atom is 0.141 e. The predicted molar refractivity (Wildman–Crippen MR) is 79.8 cm³/mol. The van der Waals surface area contributed by atoms with Gasteiger partial charge in [0.15, 0.2) is 0 Å².